The van der Waals surface area contributed by atoms with E-state index in [0.29, 0.717) is 17.0 Å². The van der Waals surface area contributed by atoms with E-state index in [-0.39, 0.29) is 0 Å². The predicted molar refractivity (Wildman–Crippen MR) is 81.2 cm³/mol. The number of rotatable bonds is 3. The molecule has 3 rings (SSSR count). The Morgan fingerprint density at radius 2 is 2.14 bits per heavy atom. The summed E-state index contributed by atoms with van der Waals surface area (Å²) in [7, 11) is 0. The summed E-state index contributed by atoms with van der Waals surface area (Å²) in [6, 6.07) is 11.7. The molecule has 104 valence electrons. The summed E-state index contributed by atoms with van der Waals surface area (Å²) in [5, 5.41) is 9.76. The number of hydrogen-bond donors (Lipinski definition) is 2. The lowest BCUT2D eigenvalue weighted by molar-refractivity contribution is 0.627. The number of nitriles is 1. The van der Waals surface area contributed by atoms with Crippen molar-refractivity contribution in [3.05, 3.63) is 53.3 Å². The Balaban J connectivity index is 1.82. The number of thioether (sulfide) groups is 1. The van der Waals surface area contributed by atoms with E-state index in [0.717, 1.165) is 21.8 Å². The number of aromatic nitrogens is 2. The van der Waals surface area contributed by atoms with Crippen LogP contribution in [0, 0.1) is 17.1 Å². The molecule has 0 amide bonds. The largest absolute Gasteiger partial charge is 0.399 e. The number of hydrogen-bond acceptors (Lipinski definition) is 4. The van der Waals surface area contributed by atoms with Gasteiger partial charge in [0.05, 0.1) is 22.7 Å². The van der Waals surface area contributed by atoms with Gasteiger partial charge < -0.3 is 10.7 Å². The van der Waals surface area contributed by atoms with E-state index in [1.165, 1.54) is 23.9 Å². The van der Waals surface area contributed by atoms with Crippen molar-refractivity contribution in [2.75, 3.05) is 5.73 Å². The monoisotopic (exact) mass is 298 g/mol. The van der Waals surface area contributed by atoms with Crippen LogP contribution >= 0.6 is 11.8 Å². The fraction of sp³-hybridized carbons (Fsp3) is 0.0667. The van der Waals surface area contributed by atoms with E-state index in [9.17, 15) is 4.39 Å². The maximum Gasteiger partial charge on any atom is 0.166 e. The third kappa shape index (κ3) is 2.83. The zero-order valence-electron chi connectivity index (χ0n) is 10.9. The van der Waals surface area contributed by atoms with E-state index in [1.807, 2.05) is 18.2 Å². The molecule has 2 aromatic carbocycles. The first kappa shape index (κ1) is 13.5. The van der Waals surface area contributed by atoms with Crippen molar-refractivity contribution in [1.82, 2.24) is 9.97 Å². The third-order valence-electron chi connectivity index (χ3n) is 3.04. The van der Waals surface area contributed by atoms with E-state index < -0.39 is 5.82 Å². The number of H-pyrrole nitrogens is 1. The highest BCUT2D eigenvalue weighted by Crippen LogP contribution is 2.25. The van der Waals surface area contributed by atoms with Crippen LogP contribution in [0.15, 0.2) is 41.6 Å². The van der Waals surface area contributed by atoms with Gasteiger partial charge in [0.1, 0.15) is 5.82 Å². The molecule has 0 radical (unpaired) electrons. The molecule has 3 N–H and O–H groups in total. The van der Waals surface area contributed by atoms with Crippen molar-refractivity contribution < 1.29 is 4.39 Å². The molecule has 6 heteroatoms. The lowest BCUT2D eigenvalue weighted by Gasteiger charge is -2.02. The smallest absolute Gasteiger partial charge is 0.166 e. The zero-order chi connectivity index (χ0) is 14.8. The second kappa shape index (κ2) is 5.46. The van der Waals surface area contributed by atoms with Gasteiger partial charge in [-0.2, -0.15) is 5.26 Å². The Labute approximate surface area is 124 Å². The quantitative estimate of drug-likeness (QED) is 0.573. The minimum absolute atomic E-state index is 0.350. The van der Waals surface area contributed by atoms with Crippen LogP contribution in [0.2, 0.25) is 0 Å². The molecule has 4 nitrogen and oxygen atoms in total. The number of benzene rings is 2. The van der Waals surface area contributed by atoms with Gasteiger partial charge in [-0.3, -0.25) is 0 Å². The summed E-state index contributed by atoms with van der Waals surface area (Å²) >= 11 is 1.46. The number of halogens is 1. The number of nitrogens with zero attached hydrogens (tertiary/aromatic N) is 2. The van der Waals surface area contributed by atoms with Crippen molar-refractivity contribution in [2.24, 2.45) is 0 Å². The Bertz CT molecular complexity index is 850. The average Bonchev–Trinajstić information content (AvgIpc) is 2.87. The predicted octanol–water partition coefficient (Wildman–Crippen LogP) is 3.45. The highest BCUT2D eigenvalue weighted by atomic mass is 32.2. The van der Waals surface area contributed by atoms with E-state index in [1.54, 1.807) is 12.1 Å². The zero-order valence-corrected chi connectivity index (χ0v) is 11.7. The normalized spacial score (nSPS) is 10.7. The average molecular weight is 298 g/mol. The van der Waals surface area contributed by atoms with Crippen molar-refractivity contribution in [3.8, 4) is 6.07 Å². The van der Waals surface area contributed by atoms with Gasteiger partial charge in [0.15, 0.2) is 5.16 Å². The second-order valence-corrected chi connectivity index (χ2v) is 5.48. The maximum absolute atomic E-state index is 13.1. The van der Waals surface area contributed by atoms with Crippen LogP contribution in [-0.2, 0) is 5.75 Å². The van der Waals surface area contributed by atoms with Crippen molar-refractivity contribution >= 4 is 28.5 Å². The summed E-state index contributed by atoms with van der Waals surface area (Å²) in [4.78, 5) is 7.61. The number of aromatic amines is 1. The molecule has 0 saturated carbocycles. The van der Waals surface area contributed by atoms with Crippen LogP contribution in [0.1, 0.15) is 11.1 Å². The maximum atomic E-state index is 13.1. The van der Waals surface area contributed by atoms with Crippen molar-refractivity contribution in [1.29, 1.82) is 5.26 Å². The van der Waals surface area contributed by atoms with Gasteiger partial charge >= 0.3 is 0 Å². The number of fused-ring (bicyclic) bond motifs is 1. The number of nitrogens with two attached hydrogens (primary N) is 1. The molecule has 0 unspecified atom stereocenters. The second-order valence-electron chi connectivity index (χ2n) is 4.52. The molecule has 0 aliphatic heterocycles. The molecular weight excluding hydrogens is 287 g/mol. The lowest BCUT2D eigenvalue weighted by Crippen LogP contribution is -1.89. The molecule has 3 aromatic rings. The molecule has 0 fully saturated rings. The molecule has 0 atom stereocenters. The number of nitrogen functional groups attached to an aromatic ring is 1. The standard InChI is InChI=1S/C15H11FN4S/c16-11-2-1-9(10(5-11)7-17)8-21-15-19-13-4-3-12(18)6-14(13)20-15/h1-6H,8,18H2,(H,19,20). The van der Waals surface area contributed by atoms with Crippen LogP contribution in [-0.4, -0.2) is 9.97 Å². The van der Waals surface area contributed by atoms with Gasteiger partial charge in [0, 0.05) is 11.4 Å². The minimum atomic E-state index is -0.403. The SMILES string of the molecule is N#Cc1cc(F)ccc1CSc1nc2ccc(N)cc2[nH]1. The molecule has 0 aliphatic rings. The van der Waals surface area contributed by atoms with Gasteiger partial charge in [-0.25, -0.2) is 9.37 Å². The highest BCUT2D eigenvalue weighted by molar-refractivity contribution is 7.98. The van der Waals surface area contributed by atoms with Gasteiger partial charge in [0.2, 0.25) is 0 Å². The number of nitrogens with one attached hydrogen (secondary N) is 1. The molecule has 1 heterocycles. The van der Waals surface area contributed by atoms with E-state index >= 15 is 0 Å². The fourth-order valence-electron chi connectivity index (χ4n) is 2.00. The van der Waals surface area contributed by atoms with Crippen LogP contribution in [0.25, 0.3) is 11.0 Å². The number of anilines is 1. The first-order valence-corrected chi connectivity index (χ1v) is 7.21. The van der Waals surface area contributed by atoms with Gasteiger partial charge in [0.25, 0.3) is 0 Å². The Hall–Kier alpha value is -2.52. The molecule has 0 aliphatic carbocycles. The Kier molecular flexibility index (Phi) is 3.50. The Morgan fingerprint density at radius 3 is 2.95 bits per heavy atom. The molecule has 0 spiro atoms. The van der Waals surface area contributed by atoms with Crippen LogP contribution in [0.3, 0.4) is 0 Å². The van der Waals surface area contributed by atoms with Gasteiger partial charge in [-0.1, -0.05) is 17.8 Å². The fourth-order valence-corrected chi connectivity index (χ4v) is 2.89. The summed E-state index contributed by atoms with van der Waals surface area (Å²) in [5.74, 6) is 0.137. The van der Waals surface area contributed by atoms with Crippen molar-refractivity contribution in [2.45, 2.75) is 10.9 Å². The number of imidazole rings is 1. The van der Waals surface area contributed by atoms with Crippen LogP contribution < -0.4 is 5.73 Å². The first-order valence-electron chi connectivity index (χ1n) is 6.22. The Morgan fingerprint density at radius 1 is 1.29 bits per heavy atom. The van der Waals surface area contributed by atoms with E-state index in [2.05, 4.69) is 9.97 Å². The lowest BCUT2D eigenvalue weighted by atomic mass is 10.1. The third-order valence-corrected chi connectivity index (χ3v) is 3.96. The van der Waals surface area contributed by atoms with E-state index in [4.69, 9.17) is 11.0 Å². The molecule has 0 saturated heterocycles. The van der Waals surface area contributed by atoms with Crippen LogP contribution in [0.4, 0.5) is 10.1 Å². The van der Waals surface area contributed by atoms with Crippen LogP contribution in [0.5, 0.6) is 0 Å². The first-order chi connectivity index (χ1) is 10.2. The topological polar surface area (TPSA) is 78.5 Å². The summed E-state index contributed by atoms with van der Waals surface area (Å²) < 4.78 is 13.1. The summed E-state index contributed by atoms with van der Waals surface area (Å²) in [6.07, 6.45) is 0. The summed E-state index contributed by atoms with van der Waals surface area (Å²) in [5.41, 5.74) is 9.24. The molecule has 1 aromatic heterocycles. The molecule has 0 bridgehead atoms. The molecule has 21 heavy (non-hydrogen) atoms. The highest BCUT2D eigenvalue weighted by Gasteiger charge is 2.07. The van der Waals surface area contributed by atoms with Crippen molar-refractivity contribution in [3.63, 3.8) is 0 Å². The van der Waals surface area contributed by atoms with Gasteiger partial charge in [-0.15, -0.1) is 0 Å². The minimum Gasteiger partial charge on any atom is -0.399 e. The van der Waals surface area contributed by atoms with Gasteiger partial charge in [-0.05, 0) is 35.9 Å². The summed E-state index contributed by atoms with van der Waals surface area (Å²) in [6.45, 7) is 0. The molecular formula is C15H11FN4S.